The molecule has 1 heterocycles. The molecule has 0 saturated carbocycles. The third kappa shape index (κ3) is 3.39. The Balaban J connectivity index is 2.47. The lowest BCUT2D eigenvalue weighted by Gasteiger charge is -2.10. The van der Waals surface area contributed by atoms with Crippen LogP contribution >= 0.6 is 0 Å². The SMILES string of the molecule is CCCOC(=O)c1cc2c(cc1C(=O)OCCC)C(=O)NC2=O. The molecule has 0 bridgehead atoms. The summed E-state index contributed by atoms with van der Waals surface area (Å²) in [5, 5.41) is 2.12. The fourth-order valence-electron chi connectivity index (χ4n) is 2.10. The zero-order valence-electron chi connectivity index (χ0n) is 12.9. The van der Waals surface area contributed by atoms with Crippen LogP contribution in [0.4, 0.5) is 0 Å². The van der Waals surface area contributed by atoms with Crippen molar-refractivity contribution in [2.45, 2.75) is 26.7 Å². The fourth-order valence-corrected chi connectivity index (χ4v) is 2.10. The normalized spacial score (nSPS) is 12.6. The van der Waals surface area contributed by atoms with Gasteiger partial charge in [0.25, 0.3) is 11.8 Å². The lowest BCUT2D eigenvalue weighted by atomic mass is 9.99. The van der Waals surface area contributed by atoms with Crippen molar-refractivity contribution in [1.82, 2.24) is 5.32 Å². The monoisotopic (exact) mass is 319 g/mol. The molecule has 7 nitrogen and oxygen atoms in total. The highest BCUT2D eigenvalue weighted by molar-refractivity contribution is 6.23. The summed E-state index contributed by atoms with van der Waals surface area (Å²) in [7, 11) is 0. The molecule has 0 atom stereocenters. The Labute approximate surface area is 132 Å². The first-order chi connectivity index (χ1) is 11.0. The number of imide groups is 1. The second-order valence-corrected chi connectivity index (χ2v) is 5.00. The van der Waals surface area contributed by atoms with Gasteiger partial charge in [-0.15, -0.1) is 0 Å². The number of rotatable bonds is 6. The lowest BCUT2D eigenvalue weighted by molar-refractivity contribution is 0.0457. The number of carbonyl (C=O) groups excluding carboxylic acids is 4. The molecule has 0 unspecified atom stereocenters. The van der Waals surface area contributed by atoms with Crippen molar-refractivity contribution in [3.8, 4) is 0 Å². The molecule has 1 aromatic carbocycles. The summed E-state index contributed by atoms with van der Waals surface area (Å²) in [5.74, 6) is -2.68. The highest BCUT2D eigenvalue weighted by Gasteiger charge is 2.32. The van der Waals surface area contributed by atoms with E-state index in [0.29, 0.717) is 12.8 Å². The summed E-state index contributed by atoms with van der Waals surface area (Å²) in [6.45, 7) is 4.03. The minimum absolute atomic E-state index is 0.0467. The number of fused-ring (bicyclic) bond motifs is 1. The van der Waals surface area contributed by atoms with Crippen LogP contribution in [0.5, 0.6) is 0 Å². The van der Waals surface area contributed by atoms with E-state index < -0.39 is 23.8 Å². The van der Waals surface area contributed by atoms with Gasteiger partial charge >= 0.3 is 11.9 Å². The van der Waals surface area contributed by atoms with Crippen molar-refractivity contribution in [1.29, 1.82) is 0 Å². The summed E-state index contributed by atoms with van der Waals surface area (Å²) in [6.07, 6.45) is 1.23. The molecule has 1 aliphatic rings. The topological polar surface area (TPSA) is 98.8 Å². The van der Waals surface area contributed by atoms with E-state index in [1.165, 1.54) is 12.1 Å². The zero-order chi connectivity index (χ0) is 17.0. The van der Waals surface area contributed by atoms with E-state index in [4.69, 9.17) is 9.47 Å². The Kier molecular flexibility index (Phi) is 5.10. The van der Waals surface area contributed by atoms with Crippen molar-refractivity contribution >= 4 is 23.8 Å². The molecule has 1 N–H and O–H groups in total. The number of esters is 2. The molecule has 2 rings (SSSR count). The molecule has 1 aromatic rings. The molecule has 2 amide bonds. The Morgan fingerprint density at radius 3 is 1.61 bits per heavy atom. The maximum absolute atomic E-state index is 12.1. The fraction of sp³-hybridized carbons (Fsp3) is 0.375. The first-order valence-electron chi connectivity index (χ1n) is 7.37. The van der Waals surface area contributed by atoms with Crippen LogP contribution in [0, 0.1) is 0 Å². The number of benzene rings is 1. The van der Waals surface area contributed by atoms with E-state index >= 15 is 0 Å². The highest BCUT2D eigenvalue weighted by atomic mass is 16.5. The van der Waals surface area contributed by atoms with Crippen LogP contribution in [0.3, 0.4) is 0 Å². The number of carbonyl (C=O) groups is 4. The summed E-state index contributed by atoms with van der Waals surface area (Å²) in [6, 6.07) is 2.41. The number of amides is 2. The molecule has 0 fully saturated rings. The minimum atomic E-state index is -0.731. The zero-order valence-corrected chi connectivity index (χ0v) is 12.9. The Morgan fingerprint density at radius 1 is 0.870 bits per heavy atom. The molecule has 0 saturated heterocycles. The smallest absolute Gasteiger partial charge is 0.339 e. The van der Waals surface area contributed by atoms with Crippen molar-refractivity contribution in [2.24, 2.45) is 0 Å². The van der Waals surface area contributed by atoms with Gasteiger partial charge in [0.05, 0.1) is 35.5 Å². The average Bonchev–Trinajstić information content (AvgIpc) is 2.83. The standard InChI is InChI=1S/C16H17NO6/c1-3-5-22-15(20)11-7-9-10(14(19)17-13(9)18)8-12(11)16(21)23-6-4-2/h7-8H,3-6H2,1-2H3,(H,17,18,19). The molecule has 23 heavy (non-hydrogen) atoms. The van der Waals surface area contributed by atoms with Gasteiger partial charge in [-0.05, 0) is 25.0 Å². The molecular weight excluding hydrogens is 302 g/mol. The summed E-state index contributed by atoms with van der Waals surface area (Å²) in [4.78, 5) is 47.7. The van der Waals surface area contributed by atoms with E-state index in [1.807, 2.05) is 13.8 Å². The van der Waals surface area contributed by atoms with Gasteiger partial charge in [0.1, 0.15) is 0 Å². The molecule has 7 heteroatoms. The van der Waals surface area contributed by atoms with Crippen molar-refractivity contribution < 1.29 is 28.7 Å². The van der Waals surface area contributed by atoms with Crippen molar-refractivity contribution in [2.75, 3.05) is 13.2 Å². The van der Waals surface area contributed by atoms with Gasteiger partial charge in [-0.25, -0.2) is 9.59 Å². The van der Waals surface area contributed by atoms with Gasteiger partial charge in [0.2, 0.25) is 0 Å². The van der Waals surface area contributed by atoms with Crippen molar-refractivity contribution in [3.05, 3.63) is 34.4 Å². The lowest BCUT2D eigenvalue weighted by Crippen LogP contribution is -2.19. The van der Waals surface area contributed by atoms with Crippen LogP contribution in [-0.4, -0.2) is 37.0 Å². The average molecular weight is 319 g/mol. The molecule has 1 aliphatic heterocycles. The quantitative estimate of drug-likeness (QED) is 0.633. The molecule has 0 aliphatic carbocycles. The minimum Gasteiger partial charge on any atom is -0.462 e. The van der Waals surface area contributed by atoms with Gasteiger partial charge in [-0.1, -0.05) is 13.8 Å². The molecule has 0 spiro atoms. The van der Waals surface area contributed by atoms with Crippen LogP contribution in [0.25, 0.3) is 0 Å². The Hall–Kier alpha value is -2.70. The third-order valence-electron chi connectivity index (χ3n) is 3.19. The van der Waals surface area contributed by atoms with Crippen LogP contribution in [0.2, 0.25) is 0 Å². The molecular formula is C16H17NO6. The van der Waals surface area contributed by atoms with Crippen LogP contribution in [0.1, 0.15) is 68.1 Å². The summed E-state index contributed by atoms with van der Waals surface area (Å²) < 4.78 is 10.1. The van der Waals surface area contributed by atoms with Gasteiger partial charge in [-0.2, -0.15) is 0 Å². The predicted molar refractivity (Wildman–Crippen MR) is 79.4 cm³/mol. The van der Waals surface area contributed by atoms with Gasteiger partial charge < -0.3 is 9.47 Å². The molecule has 0 radical (unpaired) electrons. The van der Waals surface area contributed by atoms with E-state index in [9.17, 15) is 19.2 Å². The van der Waals surface area contributed by atoms with E-state index in [1.54, 1.807) is 0 Å². The van der Waals surface area contributed by atoms with Crippen LogP contribution < -0.4 is 5.32 Å². The first-order valence-corrected chi connectivity index (χ1v) is 7.37. The summed E-state index contributed by atoms with van der Waals surface area (Å²) >= 11 is 0. The Morgan fingerprint density at radius 2 is 1.26 bits per heavy atom. The van der Waals surface area contributed by atoms with Crippen molar-refractivity contribution in [3.63, 3.8) is 0 Å². The van der Waals surface area contributed by atoms with Gasteiger partial charge in [-0.3, -0.25) is 14.9 Å². The maximum Gasteiger partial charge on any atom is 0.339 e. The number of ether oxygens (including phenoxy) is 2. The van der Waals surface area contributed by atoms with Gasteiger partial charge in [0.15, 0.2) is 0 Å². The van der Waals surface area contributed by atoms with Crippen LogP contribution in [-0.2, 0) is 9.47 Å². The van der Waals surface area contributed by atoms with E-state index in [0.717, 1.165) is 0 Å². The Bertz CT molecular complexity index is 622. The second-order valence-electron chi connectivity index (χ2n) is 5.00. The van der Waals surface area contributed by atoms with Crippen LogP contribution in [0.15, 0.2) is 12.1 Å². The number of hydrogen-bond acceptors (Lipinski definition) is 6. The largest absolute Gasteiger partial charge is 0.462 e. The number of hydrogen-bond donors (Lipinski definition) is 1. The first kappa shape index (κ1) is 16.7. The molecule has 0 aromatic heterocycles. The second kappa shape index (κ2) is 7.04. The number of nitrogens with one attached hydrogen (secondary N) is 1. The maximum atomic E-state index is 12.1. The predicted octanol–water partition coefficient (Wildman–Crippen LogP) is 1.70. The summed E-state index contributed by atoms with van der Waals surface area (Å²) in [5.41, 5.74) is -0.0673. The van der Waals surface area contributed by atoms with E-state index in [-0.39, 0.29) is 35.5 Å². The van der Waals surface area contributed by atoms with Gasteiger partial charge in [0, 0.05) is 0 Å². The highest BCUT2D eigenvalue weighted by Crippen LogP contribution is 2.23. The third-order valence-corrected chi connectivity index (χ3v) is 3.19. The van der Waals surface area contributed by atoms with E-state index in [2.05, 4.69) is 5.32 Å². The molecule has 122 valence electrons.